The van der Waals surface area contributed by atoms with Crippen molar-refractivity contribution in [1.82, 2.24) is 15.4 Å². The number of carbonyl (C=O) groups is 1. The zero-order valence-corrected chi connectivity index (χ0v) is 10.3. The zero-order valence-electron chi connectivity index (χ0n) is 10.3. The molecule has 1 amide bonds. The lowest BCUT2D eigenvalue weighted by Gasteiger charge is -2.00. The number of nitriles is 1. The van der Waals surface area contributed by atoms with Crippen LogP contribution in [0.25, 0.3) is 11.0 Å². The Hall–Kier alpha value is -3.14. The summed E-state index contributed by atoms with van der Waals surface area (Å²) in [6.07, 6.45) is 1.40. The predicted molar refractivity (Wildman–Crippen MR) is 69.6 cm³/mol. The van der Waals surface area contributed by atoms with Gasteiger partial charge in [-0.05, 0) is 12.1 Å². The lowest BCUT2D eigenvalue weighted by molar-refractivity contribution is -0.115. The quantitative estimate of drug-likeness (QED) is 0.749. The number of nitrogens with one attached hydrogen (secondary N) is 2. The smallest absolute Gasteiger partial charge is 0.231 e. The number of anilines is 1. The highest BCUT2D eigenvalue weighted by molar-refractivity contribution is 5.94. The first-order valence-corrected chi connectivity index (χ1v) is 5.84. The third kappa shape index (κ3) is 2.10. The number of rotatable bonds is 3. The van der Waals surface area contributed by atoms with Crippen LogP contribution in [0, 0.1) is 11.3 Å². The summed E-state index contributed by atoms with van der Waals surface area (Å²) in [4.78, 5) is 11.9. The summed E-state index contributed by atoms with van der Waals surface area (Å²) >= 11 is 0. The second-order valence-electron chi connectivity index (χ2n) is 4.12. The largest absolute Gasteiger partial charge is 0.356 e. The minimum absolute atomic E-state index is 0.0565. The Morgan fingerprint density at radius 2 is 2.30 bits per heavy atom. The Morgan fingerprint density at radius 1 is 1.45 bits per heavy atom. The van der Waals surface area contributed by atoms with Gasteiger partial charge in [-0.1, -0.05) is 17.3 Å². The Kier molecular flexibility index (Phi) is 2.89. The van der Waals surface area contributed by atoms with Gasteiger partial charge in [0, 0.05) is 5.39 Å². The molecule has 0 bridgehead atoms. The molecular formula is C13H9N5O2. The molecule has 3 aromatic rings. The third-order valence-corrected chi connectivity index (χ3v) is 2.80. The van der Waals surface area contributed by atoms with Gasteiger partial charge in [-0.3, -0.25) is 9.89 Å². The number of hydrogen-bond donors (Lipinski definition) is 2. The van der Waals surface area contributed by atoms with Gasteiger partial charge in [0.05, 0.1) is 12.6 Å². The number of nitrogens with zero attached hydrogens (tertiary/aromatic N) is 3. The molecule has 0 unspecified atom stereocenters. The Labute approximate surface area is 113 Å². The summed E-state index contributed by atoms with van der Waals surface area (Å²) in [7, 11) is 0. The number of fused-ring (bicyclic) bond motifs is 1. The molecule has 0 saturated heterocycles. The summed E-state index contributed by atoms with van der Waals surface area (Å²) in [6, 6.07) is 9.23. The fourth-order valence-electron chi connectivity index (χ4n) is 1.87. The Balaban J connectivity index is 1.78. The summed E-state index contributed by atoms with van der Waals surface area (Å²) < 4.78 is 5.13. The average molecular weight is 267 g/mol. The second kappa shape index (κ2) is 4.85. The van der Waals surface area contributed by atoms with Crippen molar-refractivity contribution in [2.75, 3.05) is 5.32 Å². The first kappa shape index (κ1) is 11.9. The highest BCUT2D eigenvalue weighted by Gasteiger charge is 2.14. The van der Waals surface area contributed by atoms with Gasteiger partial charge in [0.25, 0.3) is 0 Å². The molecule has 0 aliphatic rings. The fraction of sp³-hybridized carbons (Fsp3) is 0.0769. The molecule has 0 atom stereocenters. The SMILES string of the molecule is N#Cc1cn[nH]c1NC(=O)Cc1noc2ccccc12. The van der Waals surface area contributed by atoms with Crippen LogP contribution in [-0.4, -0.2) is 21.3 Å². The van der Waals surface area contributed by atoms with E-state index in [1.807, 2.05) is 24.3 Å². The minimum Gasteiger partial charge on any atom is -0.356 e. The topological polar surface area (TPSA) is 108 Å². The van der Waals surface area contributed by atoms with Crippen LogP contribution in [0.5, 0.6) is 0 Å². The van der Waals surface area contributed by atoms with E-state index in [0.29, 0.717) is 11.3 Å². The van der Waals surface area contributed by atoms with E-state index >= 15 is 0 Å². The van der Waals surface area contributed by atoms with E-state index in [2.05, 4.69) is 20.7 Å². The molecule has 0 fully saturated rings. The van der Waals surface area contributed by atoms with E-state index in [9.17, 15) is 4.79 Å². The third-order valence-electron chi connectivity index (χ3n) is 2.80. The van der Waals surface area contributed by atoms with Crippen LogP contribution in [0.1, 0.15) is 11.3 Å². The maximum absolute atomic E-state index is 11.9. The van der Waals surface area contributed by atoms with Crippen molar-refractivity contribution >= 4 is 22.7 Å². The van der Waals surface area contributed by atoms with Crippen molar-refractivity contribution in [2.24, 2.45) is 0 Å². The van der Waals surface area contributed by atoms with Crippen LogP contribution < -0.4 is 5.32 Å². The number of para-hydroxylation sites is 1. The molecule has 2 heterocycles. The van der Waals surface area contributed by atoms with Gasteiger partial charge in [0.15, 0.2) is 5.58 Å². The number of benzene rings is 1. The molecule has 1 aromatic carbocycles. The molecule has 2 aromatic heterocycles. The maximum atomic E-state index is 11.9. The van der Waals surface area contributed by atoms with Crippen molar-refractivity contribution in [3.05, 3.63) is 41.7 Å². The van der Waals surface area contributed by atoms with Gasteiger partial charge in [-0.15, -0.1) is 0 Å². The van der Waals surface area contributed by atoms with Crippen LogP contribution in [0.2, 0.25) is 0 Å². The van der Waals surface area contributed by atoms with E-state index in [0.717, 1.165) is 5.39 Å². The average Bonchev–Trinajstić information content (AvgIpc) is 3.06. The molecule has 0 radical (unpaired) electrons. The number of hydrogen-bond acceptors (Lipinski definition) is 5. The van der Waals surface area contributed by atoms with Crippen LogP contribution in [0.4, 0.5) is 5.82 Å². The molecule has 0 aliphatic heterocycles. The molecule has 7 heteroatoms. The van der Waals surface area contributed by atoms with Gasteiger partial charge in [0.2, 0.25) is 5.91 Å². The standard InChI is InChI=1S/C13H9N5O2/c14-6-8-7-15-17-13(8)16-12(19)5-10-9-3-1-2-4-11(9)20-18-10/h1-4,7H,5H2,(H2,15,16,17,19). The molecule has 0 spiro atoms. The summed E-state index contributed by atoms with van der Waals surface area (Å²) in [6.45, 7) is 0. The lowest BCUT2D eigenvalue weighted by atomic mass is 10.1. The fourth-order valence-corrected chi connectivity index (χ4v) is 1.87. The Morgan fingerprint density at radius 3 is 3.15 bits per heavy atom. The lowest BCUT2D eigenvalue weighted by Crippen LogP contribution is -2.15. The van der Waals surface area contributed by atoms with Gasteiger partial charge in [-0.2, -0.15) is 10.4 Å². The molecular weight excluding hydrogens is 258 g/mol. The summed E-state index contributed by atoms with van der Waals surface area (Å²) in [5, 5.41) is 22.3. The number of H-pyrrole nitrogens is 1. The summed E-state index contributed by atoms with van der Waals surface area (Å²) in [5.41, 5.74) is 1.47. The number of carbonyl (C=O) groups excluding carboxylic acids is 1. The molecule has 2 N–H and O–H groups in total. The summed E-state index contributed by atoms with van der Waals surface area (Å²) in [5.74, 6) is -0.0184. The van der Waals surface area contributed by atoms with Crippen LogP contribution in [0.3, 0.4) is 0 Å². The van der Waals surface area contributed by atoms with Gasteiger partial charge in [0.1, 0.15) is 23.1 Å². The van der Waals surface area contributed by atoms with E-state index in [1.54, 1.807) is 6.07 Å². The van der Waals surface area contributed by atoms with E-state index in [4.69, 9.17) is 9.78 Å². The number of amides is 1. The molecule has 3 rings (SSSR count). The van der Waals surface area contributed by atoms with Gasteiger partial charge in [-0.25, -0.2) is 0 Å². The van der Waals surface area contributed by atoms with Crippen molar-refractivity contribution in [1.29, 1.82) is 5.26 Å². The van der Waals surface area contributed by atoms with Crippen LogP contribution in [-0.2, 0) is 11.2 Å². The molecule has 20 heavy (non-hydrogen) atoms. The van der Waals surface area contributed by atoms with Crippen molar-refractivity contribution in [3.63, 3.8) is 0 Å². The van der Waals surface area contributed by atoms with E-state index in [-0.39, 0.29) is 23.7 Å². The normalized spacial score (nSPS) is 10.3. The maximum Gasteiger partial charge on any atom is 0.231 e. The molecule has 0 aliphatic carbocycles. The van der Waals surface area contributed by atoms with Crippen molar-refractivity contribution in [3.8, 4) is 6.07 Å². The Bertz CT molecular complexity index is 811. The minimum atomic E-state index is -0.301. The number of aromatic amines is 1. The van der Waals surface area contributed by atoms with Gasteiger partial charge < -0.3 is 9.84 Å². The second-order valence-corrected chi connectivity index (χ2v) is 4.12. The van der Waals surface area contributed by atoms with E-state index < -0.39 is 0 Å². The highest BCUT2D eigenvalue weighted by atomic mass is 16.5. The van der Waals surface area contributed by atoms with Crippen molar-refractivity contribution in [2.45, 2.75) is 6.42 Å². The van der Waals surface area contributed by atoms with Gasteiger partial charge >= 0.3 is 0 Å². The molecule has 98 valence electrons. The van der Waals surface area contributed by atoms with E-state index in [1.165, 1.54) is 6.20 Å². The first-order chi connectivity index (χ1) is 9.78. The molecule has 7 nitrogen and oxygen atoms in total. The number of aromatic nitrogens is 3. The van der Waals surface area contributed by atoms with Crippen LogP contribution >= 0.6 is 0 Å². The van der Waals surface area contributed by atoms with Crippen LogP contribution in [0.15, 0.2) is 35.0 Å². The highest BCUT2D eigenvalue weighted by Crippen LogP contribution is 2.18. The zero-order chi connectivity index (χ0) is 13.9. The monoisotopic (exact) mass is 267 g/mol. The van der Waals surface area contributed by atoms with Crippen molar-refractivity contribution < 1.29 is 9.32 Å². The first-order valence-electron chi connectivity index (χ1n) is 5.84. The molecule has 0 saturated carbocycles. The predicted octanol–water partition coefficient (Wildman–Crippen LogP) is 1.60.